The highest BCUT2D eigenvalue weighted by atomic mass is 16.2. The van der Waals surface area contributed by atoms with Gasteiger partial charge in [0, 0.05) is 38.3 Å². The summed E-state index contributed by atoms with van der Waals surface area (Å²) in [5.74, 6) is 0.308. The van der Waals surface area contributed by atoms with E-state index >= 15 is 0 Å². The fourth-order valence-corrected chi connectivity index (χ4v) is 2.16. The molecule has 1 amide bonds. The summed E-state index contributed by atoms with van der Waals surface area (Å²) in [5.41, 5.74) is 0. The highest BCUT2D eigenvalue weighted by Crippen LogP contribution is 2.10. The number of amides is 1. The van der Waals surface area contributed by atoms with Crippen LogP contribution in [0.2, 0.25) is 0 Å². The third-order valence-electron chi connectivity index (χ3n) is 3.44. The number of carbonyl (C=O) groups excluding carboxylic acids is 1. The molecular formula is C11H21N3O. The SMILES string of the molecule is CC1CN(CC(=O)N2CCC2)C(C)CN1. The Kier molecular flexibility index (Phi) is 3.26. The van der Waals surface area contributed by atoms with Gasteiger partial charge in [-0.05, 0) is 20.3 Å². The summed E-state index contributed by atoms with van der Waals surface area (Å²) in [7, 11) is 0. The molecule has 0 aromatic rings. The number of likely N-dealkylation sites (tertiary alicyclic amines) is 1. The van der Waals surface area contributed by atoms with Gasteiger partial charge in [-0.1, -0.05) is 0 Å². The van der Waals surface area contributed by atoms with Gasteiger partial charge in [0.25, 0.3) is 0 Å². The van der Waals surface area contributed by atoms with E-state index in [2.05, 4.69) is 24.1 Å². The number of hydrogen-bond donors (Lipinski definition) is 1. The van der Waals surface area contributed by atoms with E-state index in [4.69, 9.17) is 0 Å². The zero-order valence-corrected chi connectivity index (χ0v) is 9.70. The van der Waals surface area contributed by atoms with Crippen LogP contribution in [-0.2, 0) is 4.79 Å². The van der Waals surface area contributed by atoms with Crippen molar-refractivity contribution in [1.29, 1.82) is 0 Å². The molecule has 0 aliphatic carbocycles. The Morgan fingerprint density at radius 2 is 2.13 bits per heavy atom. The van der Waals surface area contributed by atoms with Crippen LogP contribution >= 0.6 is 0 Å². The standard InChI is InChI=1S/C11H21N3O/c1-9-7-14(10(2)6-12-9)8-11(15)13-4-3-5-13/h9-10,12H,3-8H2,1-2H3. The van der Waals surface area contributed by atoms with Crippen LogP contribution in [0, 0.1) is 0 Å². The first-order valence-electron chi connectivity index (χ1n) is 5.92. The predicted octanol–water partition coefficient (Wildman–Crippen LogP) is -0.0991. The van der Waals surface area contributed by atoms with Crippen molar-refractivity contribution < 1.29 is 4.79 Å². The van der Waals surface area contributed by atoms with Crippen LogP contribution in [0.3, 0.4) is 0 Å². The van der Waals surface area contributed by atoms with Crippen LogP contribution in [0.4, 0.5) is 0 Å². The van der Waals surface area contributed by atoms with Gasteiger partial charge in [-0.25, -0.2) is 0 Å². The van der Waals surface area contributed by atoms with Crippen molar-refractivity contribution in [3.8, 4) is 0 Å². The molecule has 4 heteroatoms. The van der Waals surface area contributed by atoms with E-state index in [-0.39, 0.29) is 0 Å². The number of carbonyl (C=O) groups is 1. The highest BCUT2D eigenvalue weighted by molar-refractivity contribution is 5.79. The number of nitrogens with one attached hydrogen (secondary N) is 1. The average Bonchev–Trinajstić information content (AvgIpc) is 2.08. The molecular weight excluding hydrogens is 190 g/mol. The molecule has 2 saturated heterocycles. The van der Waals surface area contributed by atoms with Crippen LogP contribution < -0.4 is 5.32 Å². The van der Waals surface area contributed by atoms with Gasteiger partial charge < -0.3 is 10.2 Å². The molecule has 2 fully saturated rings. The monoisotopic (exact) mass is 211 g/mol. The van der Waals surface area contributed by atoms with Crippen LogP contribution in [0.5, 0.6) is 0 Å². The van der Waals surface area contributed by atoms with Gasteiger partial charge in [0.05, 0.1) is 6.54 Å². The van der Waals surface area contributed by atoms with E-state index in [1.807, 2.05) is 4.90 Å². The van der Waals surface area contributed by atoms with Gasteiger partial charge in [0.1, 0.15) is 0 Å². The number of nitrogens with zero attached hydrogens (tertiary/aromatic N) is 2. The van der Waals surface area contributed by atoms with E-state index in [0.717, 1.165) is 26.2 Å². The number of hydrogen-bond acceptors (Lipinski definition) is 3. The Hall–Kier alpha value is -0.610. The lowest BCUT2D eigenvalue weighted by Crippen LogP contribution is -2.57. The van der Waals surface area contributed by atoms with Crippen LogP contribution in [0.25, 0.3) is 0 Å². The Balaban J connectivity index is 1.83. The summed E-state index contributed by atoms with van der Waals surface area (Å²) in [6, 6.07) is 0.983. The molecule has 15 heavy (non-hydrogen) atoms. The number of piperazine rings is 1. The van der Waals surface area contributed by atoms with E-state index in [9.17, 15) is 4.79 Å². The third kappa shape index (κ3) is 2.49. The first kappa shape index (κ1) is 10.9. The van der Waals surface area contributed by atoms with E-state index in [1.165, 1.54) is 6.42 Å². The molecule has 4 nitrogen and oxygen atoms in total. The van der Waals surface area contributed by atoms with Crippen molar-refractivity contribution in [2.75, 3.05) is 32.7 Å². The van der Waals surface area contributed by atoms with Crippen molar-refractivity contribution in [1.82, 2.24) is 15.1 Å². The molecule has 0 spiro atoms. The first-order valence-corrected chi connectivity index (χ1v) is 5.92. The molecule has 2 atom stereocenters. The van der Waals surface area contributed by atoms with Crippen molar-refractivity contribution >= 4 is 5.91 Å². The third-order valence-corrected chi connectivity index (χ3v) is 3.44. The molecule has 86 valence electrons. The fourth-order valence-electron chi connectivity index (χ4n) is 2.16. The normalized spacial score (nSPS) is 32.5. The molecule has 2 unspecified atom stereocenters. The van der Waals surface area contributed by atoms with Crippen molar-refractivity contribution in [3.05, 3.63) is 0 Å². The van der Waals surface area contributed by atoms with Gasteiger partial charge >= 0.3 is 0 Å². The maximum atomic E-state index is 11.8. The molecule has 0 bridgehead atoms. The second-order valence-corrected chi connectivity index (χ2v) is 4.82. The summed E-state index contributed by atoms with van der Waals surface area (Å²) < 4.78 is 0. The molecule has 0 aromatic carbocycles. The molecule has 0 radical (unpaired) electrons. The van der Waals surface area contributed by atoms with Crippen molar-refractivity contribution in [3.63, 3.8) is 0 Å². The minimum atomic E-state index is 0.308. The predicted molar refractivity (Wildman–Crippen MR) is 59.7 cm³/mol. The highest BCUT2D eigenvalue weighted by Gasteiger charge is 2.27. The van der Waals surface area contributed by atoms with Gasteiger partial charge in [-0.15, -0.1) is 0 Å². The summed E-state index contributed by atoms with van der Waals surface area (Å²) in [4.78, 5) is 16.1. The van der Waals surface area contributed by atoms with Gasteiger partial charge in [0.2, 0.25) is 5.91 Å². The van der Waals surface area contributed by atoms with E-state index in [0.29, 0.717) is 24.5 Å². The Morgan fingerprint density at radius 3 is 2.73 bits per heavy atom. The lowest BCUT2D eigenvalue weighted by molar-refractivity contribution is -0.136. The van der Waals surface area contributed by atoms with Crippen molar-refractivity contribution in [2.24, 2.45) is 0 Å². The van der Waals surface area contributed by atoms with Crippen LogP contribution in [-0.4, -0.2) is 60.5 Å². The topological polar surface area (TPSA) is 35.6 Å². The summed E-state index contributed by atoms with van der Waals surface area (Å²) in [5, 5.41) is 3.43. The molecule has 2 aliphatic heterocycles. The minimum absolute atomic E-state index is 0.308. The molecule has 0 saturated carbocycles. The Morgan fingerprint density at radius 1 is 1.40 bits per heavy atom. The van der Waals surface area contributed by atoms with E-state index < -0.39 is 0 Å². The maximum absolute atomic E-state index is 11.8. The molecule has 1 N–H and O–H groups in total. The summed E-state index contributed by atoms with van der Waals surface area (Å²) in [6.45, 7) is 8.88. The summed E-state index contributed by atoms with van der Waals surface area (Å²) >= 11 is 0. The molecule has 2 heterocycles. The van der Waals surface area contributed by atoms with Crippen LogP contribution in [0.15, 0.2) is 0 Å². The Labute approximate surface area is 91.6 Å². The second-order valence-electron chi connectivity index (χ2n) is 4.82. The van der Waals surface area contributed by atoms with Gasteiger partial charge in [-0.3, -0.25) is 9.69 Å². The van der Waals surface area contributed by atoms with Crippen LogP contribution in [0.1, 0.15) is 20.3 Å². The van der Waals surface area contributed by atoms with Gasteiger partial charge in [0.15, 0.2) is 0 Å². The largest absolute Gasteiger partial charge is 0.341 e. The summed E-state index contributed by atoms with van der Waals surface area (Å²) in [6.07, 6.45) is 1.18. The Bertz CT molecular complexity index is 240. The quantitative estimate of drug-likeness (QED) is 0.693. The van der Waals surface area contributed by atoms with E-state index in [1.54, 1.807) is 0 Å². The fraction of sp³-hybridized carbons (Fsp3) is 0.909. The molecule has 2 aliphatic rings. The average molecular weight is 211 g/mol. The second kappa shape index (κ2) is 4.49. The van der Waals surface area contributed by atoms with Crippen molar-refractivity contribution in [2.45, 2.75) is 32.4 Å². The smallest absolute Gasteiger partial charge is 0.236 e. The number of rotatable bonds is 2. The maximum Gasteiger partial charge on any atom is 0.236 e. The molecule has 0 aromatic heterocycles. The zero-order valence-electron chi connectivity index (χ0n) is 9.70. The lowest BCUT2D eigenvalue weighted by atomic mass is 10.1. The van der Waals surface area contributed by atoms with Gasteiger partial charge in [-0.2, -0.15) is 0 Å². The minimum Gasteiger partial charge on any atom is -0.341 e. The lowest BCUT2D eigenvalue weighted by Gasteiger charge is -2.39. The zero-order chi connectivity index (χ0) is 10.8. The molecule has 2 rings (SSSR count). The first-order chi connectivity index (χ1) is 7.16.